The van der Waals surface area contributed by atoms with E-state index in [0.29, 0.717) is 5.56 Å². The molecular weight excluding hydrogens is 379 g/mol. The van der Waals surface area contributed by atoms with Gasteiger partial charge in [0.25, 0.3) is 5.56 Å². The fraction of sp³-hybridized carbons (Fsp3) is 0.750. The van der Waals surface area contributed by atoms with E-state index in [9.17, 15) is 19.3 Å². The van der Waals surface area contributed by atoms with Crippen LogP contribution in [0.3, 0.4) is 0 Å². The number of nitrogens with zero attached hydrogens (tertiary/aromatic N) is 1. The maximum atomic E-state index is 12.3. The molecule has 152 valence electrons. The summed E-state index contributed by atoms with van der Waals surface area (Å²) in [5.74, 6) is 0. The number of rotatable bonds is 8. The van der Waals surface area contributed by atoms with Crippen molar-refractivity contribution in [2.75, 3.05) is 20.4 Å². The highest BCUT2D eigenvalue weighted by Gasteiger charge is 2.51. The Morgan fingerprint density at radius 2 is 2.00 bits per heavy atom. The number of aromatic amines is 1. The Hall–Kier alpha value is -1.42. The Labute approximate surface area is 157 Å². The van der Waals surface area contributed by atoms with E-state index in [0.717, 1.165) is 0 Å². The summed E-state index contributed by atoms with van der Waals surface area (Å²) in [5, 5.41) is 9.66. The van der Waals surface area contributed by atoms with Crippen molar-refractivity contribution in [3.05, 3.63) is 32.6 Å². The first-order valence-corrected chi connectivity index (χ1v) is 10.2. The molecule has 7 atom stereocenters. The van der Waals surface area contributed by atoms with Crippen molar-refractivity contribution in [1.82, 2.24) is 9.55 Å². The first kappa shape index (κ1) is 21.9. The van der Waals surface area contributed by atoms with Crippen molar-refractivity contribution in [3.8, 4) is 0 Å². The molecule has 11 heteroatoms. The summed E-state index contributed by atoms with van der Waals surface area (Å²) in [6.07, 6.45) is -2.92. The minimum atomic E-state index is -2.02. The van der Waals surface area contributed by atoms with Crippen LogP contribution in [-0.2, 0) is 23.3 Å². The van der Waals surface area contributed by atoms with Crippen molar-refractivity contribution in [2.24, 2.45) is 0 Å². The van der Waals surface area contributed by atoms with Gasteiger partial charge in [-0.15, -0.1) is 4.52 Å². The number of H-pyrrole nitrogens is 1. The van der Waals surface area contributed by atoms with Crippen molar-refractivity contribution >= 4 is 8.03 Å². The van der Waals surface area contributed by atoms with E-state index in [1.54, 1.807) is 13.8 Å². The minimum Gasteiger partial charge on any atom is -0.394 e. The third-order valence-corrected chi connectivity index (χ3v) is 5.10. The molecule has 0 bridgehead atoms. The Morgan fingerprint density at radius 3 is 2.56 bits per heavy atom. The molecule has 0 amide bonds. The molecule has 1 aromatic rings. The SMILES string of the molecule is CO[C@H](C)[C@@H](C)OC1C(O[P+](C)=O)[C@@H](CO)O[C@H]1n1cc(C)c(=O)[nH]c1=O. The molecule has 0 aromatic carbocycles. The number of hydrogen-bond acceptors (Lipinski definition) is 8. The summed E-state index contributed by atoms with van der Waals surface area (Å²) in [5.41, 5.74) is -0.882. The molecule has 1 saturated heterocycles. The molecule has 0 spiro atoms. The Morgan fingerprint density at radius 1 is 1.33 bits per heavy atom. The van der Waals surface area contributed by atoms with Crippen LogP contribution in [0.5, 0.6) is 0 Å². The monoisotopic (exact) mass is 405 g/mol. The molecule has 2 rings (SSSR count). The number of aliphatic hydroxyl groups excluding tert-OH is 1. The summed E-state index contributed by atoms with van der Waals surface area (Å²) in [6, 6.07) is 0. The van der Waals surface area contributed by atoms with Crippen LogP contribution in [-0.4, -0.2) is 65.6 Å². The Bertz CT molecular complexity index is 778. The number of methoxy groups -OCH3 is 1. The molecule has 1 aliphatic heterocycles. The number of aromatic nitrogens is 2. The maximum Gasteiger partial charge on any atom is 0.505 e. The molecule has 1 aromatic heterocycles. The van der Waals surface area contributed by atoms with Crippen LogP contribution in [0.4, 0.5) is 0 Å². The number of hydrogen-bond donors (Lipinski definition) is 2. The molecule has 1 aliphatic rings. The van der Waals surface area contributed by atoms with Crippen LogP contribution < -0.4 is 11.2 Å². The lowest BCUT2D eigenvalue weighted by atomic mass is 10.1. The first-order valence-electron chi connectivity index (χ1n) is 8.53. The van der Waals surface area contributed by atoms with Crippen molar-refractivity contribution in [1.29, 1.82) is 0 Å². The van der Waals surface area contributed by atoms with E-state index >= 15 is 0 Å². The van der Waals surface area contributed by atoms with Gasteiger partial charge in [-0.3, -0.25) is 14.3 Å². The minimum absolute atomic E-state index is 0.274. The van der Waals surface area contributed by atoms with Crippen LogP contribution >= 0.6 is 8.03 Å². The fourth-order valence-electron chi connectivity index (χ4n) is 2.85. The molecule has 0 saturated carbocycles. The molecule has 27 heavy (non-hydrogen) atoms. The molecule has 2 heterocycles. The zero-order valence-electron chi connectivity index (χ0n) is 15.9. The van der Waals surface area contributed by atoms with E-state index < -0.39 is 56.5 Å². The van der Waals surface area contributed by atoms with E-state index in [2.05, 4.69) is 4.98 Å². The van der Waals surface area contributed by atoms with Crippen LogP contribution in [0.15, 0.2) is 15.8 Å². The van der Waals surface area contributed by atoms with Gasteiger partial charge in [-0.05, 0) is 25.3 Å². The zero-order chi connectivity index (χ0) is 20.3. The average molecular weight is 405 g/mol. The van der Waals surface area contributed by atoms with Crippen LogP contribution in [0.1, 0.15) is 25.6 Å². The van der Waals surface area contributed by atoms with Crippen LogP contribution in [0.25, 0.3) is 0 Å². The smallest absolute Gasteiger partial charge is 0.394 e. The van der Waals surface area contributed by atoms with E-state index in [1.165, 1.54) is 24.5 Å². The average Bonchev–Trinajstić information content (AvgIpc) is 2.94. The number of nitrogens with one attached hydrogen (secondary N) is 1. The fourth-order valence-corrected chi connectivity index (χ4v) is 3.45. The molecule has 0 radical (unpaired) electrons. The highest BCUT2D eigenvalue weighted by molar-refractivity contribution is 7.38. The van der Waals surface area contributed by atoms with E-state index in [-0.39, 0.29) is 6.10 Å². The van der Waals surface area contributed by atoms with Gasteiger partial charge in [0.1, 0.15) is 12.2 Å². The number of aryl methyl sites for hydroxylation is 1. The maximum absolute atomic E-state index is 12.3. The van der Waals surface area contributed by atoms with Gasteiger partial charge in [0.2, 0.25) is 0 Å². The third kappa shape index (κ3) is 4.90. The zero-order valence-corrected chi connectivity index (χ0v) is 16.8. The first-order chi connectivity index (χ1) is 12.7. The van der Waals surface area contributed by atoms with Gasteiger partial charge < -0.3 is 19.3 Å². The van der Waals surface area contributed by atoms with Gasteiger partial charge >= 0.3 is 13.7 Å². The Kier molecular flexibility index (Phi) is 7.44. The van der Waals surface area contributed by atoms with Crippen molar-refractivity contribution < 1.29 is 28.4 Å². The topological polar surface area (TPSA) is 129 Å². The summed E-state index contributed by atoms with van der Waals surface area (Å²) in [4.78, 5) is 26.2. The quantitative estimate of drug-likeness (QED) is 0.591. The van der Waals surface area contributed by atoms with Gasteiger partial charge in [0, 0.05) is 18.9 Å². The van der Waals surface area contributed by atoms with E-state index in [1.807, 2.05) is 6.92 Å². The lowest BCUT2D eigenvalue weighted by molar-refractivity contribution is -0.127. The molecular formula is C16H26N2O8P+. The normalized spacial score (nSPS) is 28.1. The molecule has 1 fully saturated rings. The third-order valence-electron chi connectivity index (χ3n) is 4.56. The van der Waals surface area contributed by atoms with Gasteiger partial charge in [0.05, 0.1) is 18.8 Å². The van der Waals surface area contributed by atoms with Gasteiger partial charge in [-0.25, -0.2) is 4.79 Å². The second-order valence-electron chi connectivity index (χ2n) is 6.48. The summed E-state index contributed by atoms with van der Waals surface area (Å²) < 4.78 is 35.4. The standard InChI is InChI=1S/C16H25N2O8P/c1-8-6-18(16(21)17-14(8)20)15-13(24-10(3)9(2)23-4)12(26-27(5)22)11(7-19)25-15/h6,9-13,15,19H,7H2,1-5H3/p+1/t9-,10-,11-,12?,13?,15-/m1/s1. The van der Waals surface area contributed by atoms with E-state index in [4.69, 9.17) is 18.7 Å². The van der Waals surface area contributed by atoms with Crippen LogP contribution in [0.2, 0.25) is 0 Å². The van der Waals surface area contributed by atoms with Crippen molar-refractivity contribution in [3.63, 3.8) is 0 Å². The highest BCUT2D eigenvalue weighted by atomic mass is 31.1. The van der Waals surface area contributed by atoms with Gasteiger partial charge in [-0.2, -0.15) is 0 Å². The summed E-state index contributed by atoms with van der Waals surface area (Å²) >= 11 is 0. The summed E-state index contributed by atoms with van der Waals surface area (Å²) in [7, 11) is -0.481. The van der Waals surface area contributed by atoms with Crippen LogP contribution in [0, 0.1) is 6.92 Å². The highest BCUT2D eigenvalue weighted by Crippen LogP contribution is 2.38. The predicted octanol–water partition coefficient (Wildman–Crippen LogP) is 0.301. The number of ether oxygens (including phenoxy) is 3. The number of aliphatic hydroxyl groups is 1. The molecule has 10 nitrogen and oxygen atoms in total. The largest absolute Gasteiger partial charge is 0.505 e. The predicted molar refractivity (Wildman–Crippen MR) is 96.3 cm³/mol. The lowest BCUT2D eigenvalue weighted by Gasteiger charge is -2.28. The lowest BCUT2D eigenvalue weighted by Crippen LogP contribution is -2.43. The molecule has 3 unspecified atom stereocenters. The Balaban J connectivity index is 2.46. The second-order valence-corrected chi connectivity index (χ2v) is 7.57. The molecule has 2 N–H and O–H groups in total. The van der Waals surface area contributed by atoms with Crippen molar-refractivity contribution in [2.45, 2.75) is 57.5 Å². The summed E-state index contributed by atoms with van der Waals surface area (Å²) in [6.45, 7) is 6.10. The van der Waals surface area contributed by atoms with Gasteiger partial charge in [-0.1, -0.05) is 0 Å². The molecule has 0 aliphatic carbocycles. The van der Waals surface area contributed by atoms with Gasteiger partial charge in [0.15, 0.2) is 19.0 Å². The second kappa shape index (κ2) is 9.18.